The van der Waals surface area contributed by atoms with Crippen molar-refractivity contribution in [2.75, 3.05) is 0 Å². The van der Waals surface area contributed by atoms with Crippen LogP contribution >= 0.6 is 23.2 Å². The quantitative estimate of drug-likeness (QED) is 0.611. The molecule has 6 heteroatoms. The molecule has 78 valence electrons. The van der Waals surface area contributed by atoms with Crippen molar-refractivity contribution < 1.29 is 14.3 Å². The summed E-state index contributed by atoms with van der Waals surface area (Å²) in [5.74, 6) is -0.640. The minimum absolute atomic E-state index is 0.322. The number of cyclic esters (lactones) is 2. The summed E-state index contributed by atoms with van der Waals surface area (Å²) in [6, 6.07) is 3.87. The van der Waals surface area contributed by atoms with Gasteiger partial charge in [-0.1, -0.05) is 29.3 Å². The fourth-order valence-electron chi connectivity index (χ4n) is 1.27. The van der Waals surface area contributed by atoms with Gasteiger partial charge < -0.3 is 10.1 Å². The zero-order valence-corrected chi connectivity index (χ0v) is 8.80. The molecule has 1 N–H and O–H groups in total. The first kappa shape index (κ1) is 10.3. The van der Waals surface area contributed by atoms with E-state index in [1.807, 2.05) is 0 Å². The number of halogens is 2. The molecule has 0 saturated carbocycles. The Morgan fingerprint density at radius 2 is 1.93 bits per heavy atom. The van der Waals surface area contributed by atoms with Crippen LogP contribution in [0.4, 0.5) is 4.79 Å². The Bertz CT molecular complexity index is 447. The molecule has 1 amide bonds. The molecular weight excluding hydrogens is 241 g/mol. The summed E-state index contributed by atoms with van der Waals surface area (Å²) in [6.07, 6.45) is -0.754. The lowest BCUT2D eigenvalue weighted by molar-refractivity contribution is -0.135. The topological polar surface area (TPSA) is 55.4 Å². The molecule has 1 aliphatic heterocycles. The summed E-state index contributed by atoms with van der Waals surface area (Å²) in [7, 11) is 0. The maximum absolute atomic E-state index is 11.2. The standard InChI is InChI=1S/C9H5Cl2NO3/c10-5-2-1-4(3-6(5)11)7-8(13)15-9(14)12-7/h1-3,7H,(H,12,14). The van der Waals surface area contributed by atoms with Gasteiger partial charge in [-0.3, -0.25) is 0 Å². The van der Waals surface area contributed by atoms with E-state index in [0.717, 1.165) is 0 Å². The first-order valence-electron chi connectivity index (χ1n) is 4.05. The van der Waals surface area contributed by atoms with Crippen LogP contribution in [-0.2, 0) is 9.53 Å². The Labute approximate surface area is 95.1 Å². The van der Waals surface area contributed by atoms with Crippen molar-refractivity contribution in [1.29, 1.82) is 0 Å². The van der Waals surface area contributed by atoms with Crippen LogP contribution < -0.4 is 5.32 Å². The molecule has 1 unspecified atom stereocenters. The summed E-state index contributed by atoms with van der Waals surface area (Å²) in [4.78, 5) is 22.0. The van der Waals surface area contributed by atoms with Gasteiger partial charge in [-0.2, -0.15) is 0 Å². The molecule has 0 radical (unpaired) electrons. The van der Waals surface area contributed by atoms with Gasteiger partial charge in [0.25, 0.3) is 0 Å². The third kappa shape index (κ3) is 1.91. The third-order valence-corrected chi connectivity index (χ3v) is 2.71. The van der Waals surface area contributed by atoms with Crippen LogP contribution in [0.25, 0.3) is 0 Å². The second-order valence-electron chi connectivity index (χ2n) is 2.96. The molecule has 1 aliphatic rings. The number of hydrogen-bond acceptors (Lipinski definition) is 3. The first-order chi connectivity index (χ1) is 7.08. The first-order valence-corrected chi connectivity index (χ1v) is 4.80. The van der Waals surface area contributed by atoms with Crippen LogP contribution in [-0.4, -0.2) is 12.1 Å². The SMILES string of the molecule is O=C1NC(c2ccc(Cl)c(Cl)c2)C(=O)O1. The number of carbonyl (C=O) groups is 2. The minimum atomic E-state index is -0.799. The van der Waals surface area contributed by atoms with Gasteiger partial charge in [-0.05, 0) is 17.7 Å². The highest BCUT2D eigenvalue weighted by molar-refractivity contribution is 6.42. The highest BCUT2D eigenvalue weighted by atomic mass is 35.5. The molecule has 1 fully saturated rings. The van der Waals surface area contributed by atoms with E-state index in [0.29, 0.717) is 15.6 Å². The largest absolute Gasteiger partial charge is 0.415 e. The normalized spacial score (nSPS) is 20.0. The smallest absolute Gasteiger partial charge is 0.374 e. The van der Waals surface area contributed by atoms with Crippen molar-refractivity contribution in [3.05, 3.63) is 33.8 Å². The summed E-state index contributed by atoms with van der Waals surface area (Å²) < 4.78 is 4.33. The van der Waals surface area contributed by atoms with Gasteiger partial charge in [0.1, 0.15) is 0 Å². The van der Waals surface area contributed by atoms with Gasteiger partial charge in [0.15, 0.2) is 6.04 Å². The molecule has 1 atom stereocenters. The average Bonchev–Trinajstić information content (AvgIpc) is 2.50. The Hall–Kier alpha value is -1.26. The van der Waals surface area contributed by atoms with Crippen LogP contribution in [0, 0.1) is 0 Å². The lowest BCUT2D eigenvalue weighted by Crippen LogP contribution is -2.19. The Balaban J connectivity index is 2.34. The minimum Gasteiger partial charge on any atom is -0.374 e. The number of ether oxygens (including phenoxy) is 1. The Kier molecular flexibility index (Phi) is 2.54. The van der Waals surface area contributed by atoms with E-state index >= 15 is 0 Å². The number of benzene rings is 1. The summed E-state index contributed by atoms with van der Waals surface area (Å²) in [5.41, 5.74) is 0.542. The van der Waals surface area contributed by atoms with E-state index in [1.54, 1.807) is 12.1 Å². The fourth-order valence-corrected chi connectivity index (χ4v) is 1.57. The number of nitrogens with one attached hydrogen (secondary N) is 1. The molecular formula is C9H5Cl2NO3. The highest BCUT2D eigenvalue weighted by Crippen LogP contribution is 2.27. The molecule has 1 aromatic carbocycles. The van der Waals surface area contributed by atoms with Crippen LogP contribution in [0.15, 0.2) is 18.2 Å². The number of esters is 1. The monoisotopic (exact) mass is 245 g/mol. The van der Waals surface area contributed by atoms with Gasteiger partial charge in [0, 0.05) is 0 Å². The van der Waals surface area contributed by atoms with Crippen LogP contribution in [0.2, 0.25) is 10.0 Å². The number of carbonyl (C=O) groups excluding carboxylic acids is 2. The number of rotatable bonds is 1. The van der Waals surface area contributed by atoms with Gasteiger partial charge in [-0.15, -0.1) is 0 Å². The lowest BCUT2D eigenvalue weighted by atomic mass is 10.1. The molecule has 0 aliphatic carbocycles. The van der Waals surface area contributed by atoms with Gasteiger partial charge in [0.2, 0.25) is 0 Å². The molecule has 2 rings (SSSR count). The lowest BCUT2D eigenvalue weighted by Gasteiger charge is -2.06. The molecule has 0 spiro atoms. The summed E-state index contributed by atoms with van der Waals surface area (Å²) in [5, 5.41) is 3.06. The molecule has 1 aromatic rings. The highest BCUT2D eigenvalue weighted by Gasteiger charge is 2.33. The van der Waals surface area contributed by atoms with E-state index in [9.17, 15) is 9.59 Å². The number of alkyl carbamates (subject to hydrolysis) is 1. The van der Waals surface area contributed by atoms with Crippen molar-refractivity contribution in [2.45, 2.75) is 6.04 Å². The predicted octanol–water partition coefficient (Wildman–Crippen LogP) is 2.30. The predicted molar refractivity (Wildman–Crippen MR) is 53.8 cm³/mol. The molecule has 15 heavy (non-hydrogen) atoms. The van der Waals surface area contributed by atoms with E-state index < -0.39 is 18.1 Å². The van der Waals surface area contributed by atoms with Crippen molar-refractivity contribution in [2.24, 2.45) is 0 Å². The Morgan fingerprint density at radius 3 is 2.47 bits per heavy atom. The maximum atomic E-state index is 11.2. The van der Waals surface area contributed by atoms with Crippen molar-refractivity contribution >= 4 is 35.3 Å². The van der Waals surface area contributed by atoms with E-state index in [1.165, 1.54) is 6.07 Å². The molecule has 0 aromatic heterocycles. The van der Waals surface area contributed by atoms with Crippen LogP contribution in [0.3, 0.4) is 0 Å². The van der Waals surface area contributed by atoms with E-state index in [4.69, 9.17) is 23.2 Å². The zero-order valence-electron chi connectivity index (χ0n) is 7.29. The summed E-state index contributed by atoms with van der Waals surface area (Å²) >= 11 is 11.5. The number of hydrogen-bond donors (Lipinski definition) is 1. The van der Waals surface area contributed by atoms with Gasteiger partial charge >= 0.3 is 12.1 Å². The van der Waals surface area contributed by atoms with E-state index in [-0.39, 0.29) is 0 Å². The van der Waals surface area contributed by atoms with Crippen molar-refractivity contribution in [1.82, 2.24) is 5.32 Å². The third-order valence-electron chi connectivity index (χ3n) is 1.97. The van der Waals surface area contributed by atoms with E-state index in [2.05, 4.69) is 10.1 Å². The average molecular weight is 246 g/mol. The van der Waals surface area contributed by atoms with Crippen LogP contribution in [0.1, 0.15) is 11.6 Å². The maximum Gasteiger partial charge on any atom is 0.415 e. The number of amides is 1. The van der Waals surface area contributed by atoms with Gasteiger partial charge in [0.05, 0.1) is 10.0 Å². The molecule has 0 bridgehead atoms. The van der Waals surface area contributed by atoms with Crippen molar-refractivity contribution in [3.8, 4) is 0 Å². The van der Waals surface area contributed by atoms with Crippen molar-refractivity contribution in [3.63, 3.8) is 0 Å². The second-order valence-corrected chi connectivity index (χ2v) is 3.77. The second kappa shape index (κ2) is 3.72. The molecule has 1 saturated heterocycles. The Morgan fingerprint density at radius 1 is 1.20 bits per heavy atom. The fraction of sp³-hybridized carbons (Fsp3) is 0.111. The molecule has 1 heterocycles. The molecule has 4 nitrogen and oxygen atoms in total. The zero-order chi connectivity index (χ0) is 11.0. The summed E-state index contributed by atoms with van der Waals surface area (Å²) in [6.45, 7) is 0. The van der Waals surface area contributed by atoms with Gasteiger partial charge in [-0.25, -0.2) is 9.59 Å². The van der Waals surface area contributed by atoms with Crippen LogP contribution in [0.5, 0.6) is 0 Å².